The van der Waals surface area contributed by atoms with E-state index in [1.54, 1.807) is 0 Å². The van der Waals surface area contributed by atoms with Crippen molar-refractivity contribution in [1.29, 1.82) is 0 Å². The second-order valence-corrected chi connectivity index (χ2v) is 2.47. The Hall–Kier alpha value is -0.0100. The quantitative estimate of drug-likeness (QED) is 0.508. The molecule has 1 heterocycles. The van der Waals surface area contributed by atoms with E-state index in [1.807, 2.05) is 0 Å². The van der Waals surface area contributed by atoms with Crippen LogP contribution in [0.4, 0.5) is 0 Å². The van der Waals surface area contributed by atoms with E-state index in [1.165, 1.54) is 0 Å². The van der Waals surface area contributed by atoms with Gasteiger partial charge in [0, 0.05) is 0 Å². The molecule has 0 amide bonds. The van der Waals surface area contributed by atoms with Crippen molar-refractivity contribution in [3.63, 3.8) is 0 Å². The highest BCUT2D eigenvalue weighted by atomic mass is 32.2. The first-order valence-electron chi connectivity index (χ1n) is 2.32. The van der Waals surface area contributed by atoms with Gasteiger partial charge in [-0.1, -0.05) is 0 Å². The standard InChI is InChI=1S/C3H7NO4S/c5-9(6)4-1-7-3-8-2-4/h1-3H2,(H,5,6). The summed E-state index contributed by atoms with van der Waals surface area (Å²) >= 11 is -1.97. The first-order valence-corrected chi connectivity index (χ1v) is 3.38. The fourth-order valence-corrected chi connectivity index (χ4v) is 0.794. The monoisotopic (exact) mass is 153 g/mol. The largest absolute Gasteiger partial charge is 0.339 e. The molecule has 1 unspecified atom stereocenters. The topological polar surface area (TPSA) is 59.0 Å². The van der Waals surface area contributed by atoms with Gasteiger partial charge in [-0.2, -0.15) is 4.31 Å². The summed E-state index contributed by atoms with van der Waals surface area (Å²) in [4.78, 5) is 0. The van der Waals surface area contributed by atoms with E-state index in [4.69, 9.17) is 14.0 Å². The highest BCUT2D eigenvalue weighted by Gasteiger charge is 2.14. The maximum Gasteiger partial charge on any atom is 0.238 e. The second-order valence-electron chi connectivity index (χ2n) is 1.50. The summed E-state index contributed by atoms with van der Waals surface area (Å²) < 4.78 is 29.2. The molecule has 0 aromatic rings. The fraction of sp³-hybridized carbons (Fsp3) is 1.00. The van der Waals surface area contributed by atoms with Crippen molar-refractivity contribution in [3.05, 3.63) is 0 Å². The predicted molar refractivity (Wildman–Crippen MR) is 29.4 cm³/mol. The predicted octanol–water partition coefficient (Wildman–Crippen LogP) is -0.656. The molecule has 1 rings (SSSR count). The van der Waals surface area contributed by atoms with Gasteiger partial charge in [0.15, 0.2) is 0 Å². The Kier molecular flexibility index (Phi) is 2.55. The number of ether oxygens (including phenoxy) is 2. The summed E-state index contributed by atoms with van der Waals surface area (Å²) in [5.41, 5.74) is 0. The van der Waals surface area contributed by atoms with Gasteiger partial charge in [-0.25, -0.2) is 4.21 Å². The fourth-order valence-electron chi connectivity index (χ4n) is 0.465. The minimum absolute atomic E-state index is 0.156. The highest BCUT2D eigenvalue weighted by Crippen LogP contribution is 1.98. The number of nitrogens with zero attached hydrogens (tertiary/aromatic N) is 1. The van der Waals surface area contributed by atoms with Gasteiger partial charge in [0.2, 0.25) is 11.3 Å². The van der Waals surface area contributed by atoms with E-state index in [9.17, 15) is 4.21 Å². The summed E-state index contributed by atoms with van der Waals surface area (Å²) in [6.07, 6.45) is 0. The normalized spacial score (nSPS) is 25.9. The van der Waals surface area contributed by atoms with Crippen LogP contribution in [-0.2, 0) is 20.7 Å². The van der Waals surface area contributed by atoms with Crippen LogP contribution in [-0.4, -0.2) is 33.3 Å². The highest BCUT2D eigenvalue weighted by molar-refractivity contribution is 7.76. The van der Waals surface area contributed by atoms with E-state index in [0.717, 1.165) is 4.31 Å². The van der Waals surface area contributed by atoms with Crippen molar-refractivity contribution in [2.75, 3.05) is 20.3 Å². The molecule has 1 aliphatic rings. The molecule has 0 saturated carbocycles. The smallest absolute Gasteiger partial charge is 0.238 e. The molecule has 1 fully saturated rings. The Morgan fingerprint density at radius 3 is 2.33 bits per heavy atom. The molecule has 1 aliphatic heterocycles. The van der Waals surface area contributed by atoms with Gasteiger partial charge in [0.1, 0.15) is 20.3 Å². The molecule has 54 valence electrons. The Morgan fingerprint density at radius 2 is 2.00 bits per heavy atom. The molecule has 5 nitrogen and oxygen atoms in total. The Labute approximate surface area is 55.0 Å². The number of rotatable bonds is 1. The lowest BCUT2D eigenvalue weighted by Crippen LogP contribution is -2.35. The average molecular weight is 153 g/mol. The molecule has 9 heavy (non-hydrogen) atoms. The second kappa shape index (κ2) is 3.23. The van der Waals surface area contributed by atoms with E-state index < -0.39 is 11.3 Å². The Bertz CT molecular complexity index is 112. The summed E-state index contributed by atoms with van der Waals surface area (Å²) in [6, 6.07) is 0. The number of hydrogen-bond donors (Lipinski definition) is 1. The number of hydrogen-bond acceptors (Lipinski definition) is 3. The van der Waals surface area contributed by atoms with Crippen molar-refractivity contribution in [2.45, 2.75) is 0 Å². The molecular weight excluding hydrogens is 146 g/mol. The van der Waals surface area contributed by atoms with Gasteiger partial charge >= 0.3 is 0 Å². The summed E-state index contributed by atoms with van der Waals surface area (Å²) in [6.45, 7) is 0.514. The van der Waals surface area contributed by atoms with E-state index in [2.05, 4.69) is 0 Å². The zero-order chi connectivity index (χ0) is 6.69. The van der Waals surface area contributed by atoms with E-state index in [0.29, 0.717) is 0 Å². The minimum atomic E-state index is -1.97. The maximum absolute atomic E-state index is 10.2. The molecule has 6 heteroatoms. The first-order chi connectivity index (χ1) is 4.30. The van der Waals surface area contributed by atoms with Crippen LogP contribution in [0.25, 0.3) is 0 Å². The lowest BCUT2D eigenvalue weighted by molar-refractivity contribution is -0.154. The molecule has 1 N–H and O–H groups in total. The SMILES string of the molecule is O=S(O)N1COCOC1. The van der Waals surface area contributed by atoms with Crippen molar-refractivity contribution < 1.29 is 18.2 Å². The lowest BCUT2D eigenvalue weighted by Gasteiger charge is -2.21. The summed E-state index contributed by atoms with van der Waals surface area (Å²) in [7, 11) is 0. The van der Waals surface area contributed by atoms with Gasteiger partial charge in [0.25, 0.3) is 0 Å². The third kappa shape index (κ3) is 1.99. The van der Waals surface area contributed by atoms with E-state index >= 15 is 0 Å². The van der Waals surface area contributed by atoms with Gasteiger partial charge in [0.05, 0.1) is 0 Å². The molecule has 0 aromatic carbocycles. The van der Waals surface area contributed by atoms with Crippen LogP contribution in [0.2, 0.25) is 0 Å². The molecular formula is C3H7NO4S. The third-order valence-electron chi connectivity index (χ3n) is 0.858. The first kappa shape index (κ1) is 7.10. The summed E-state index contributed by atoms with van der Waals surface area (Å²) in [5, 5.41) is 0. The van der Waals surface area contributed by atoms with Crippen molar-refractivity contribution in [1.82, 2.24) is 4.31 Å². The van der Waals surface area contributed by atoms with Crippen molar-refractivity contribution >= 4 is 11.3 Å². The molecule has 0 radical (unpaired) electrons. The van der Waals surface area contributed by atoms with Crippen LogP contribution in [0, 0.1) is 0 Å². The van der Waals surface area contributed by atoms with Gasteiger partial charge in [-0.3, -0.25) is 4.55 Å². The molecule has 0 aromatic heterocycles. The molecule has 0 aliphatic carbocycles. The molecule has 0 spiro atoms. The molecule has 1 atom stereocenters. The van der Waals surface area contributed by atoms with Crippen LogP contribution in [0.15, 0.2) is 0 Å². The van der Waals surface area contributed by atoms with Crippen LogP contribution >= 0.6 is 0 Å². The minimum Gasteiger partial charge on any atom is -0.339 e. The maximum atomic E-state index is 10.2. The van der Waals surface area contributed by atoms with Gasteiger partial charge in [-0.15, -0.1) is 0 Å². The van der Waals surface area contributed by atoms with Crippen LogP contribution in [0.5, 0.6) is 0 Å². The van der Waals surface area contributed by atoms with Crippen LogP contribution in [0.3, 0.4) is 0 Å². The van der Waals surface area contributed by atoms with Crippen LogP contribution in [0.1, 0.15) is 0 Å². The average Bonchev–Trinajstić information content (AvgIpc) is 1.90. The zero-order valence-electron chi connectivity index (χ0n) is 4.65. The lowest BCUT2D eigenvalue weighted by atomic mass is 11.0. The Balaban J connectivity index is 2.31. The van der Waals surface area contributed by atoms with Crippen molar-refractivity contribution in [2.24, 2.45) is 0 Å². The van der Waals surface area contributed by atoms with E-state index in [-0.39, 0.29) is 20.3 Å². The van der Waals surface area contributed by atoms with Crippen LogP contribution < -0.4 is 0 Å². The van der Waals surface area contributed by atoms with Crippen molar-refractivity contribution in [3.8, 4) is 0 Å². The Morgan fingerprint density at radius 1 is 1.44 bits per heavy atom. The molecule has 1 saturated heterocycles. The zero-order valence-corrected chi connectivity index (χ0v) is 5.47. The molecule has 0 bridgehead atoms. The van der Waals surface area contributed by atoms with Gasteiger partial charge in [-0.05, 0) is 0 Å². The summed E-state index contributed by atoms with van der Waals surface area (Å²) in [5.74, 6) is 0. The van der Waals surface area contributed by atoms with Gasteiger partial charge < -0.3 is 9.47 Å². The third-order valence-corrected chi connectivity index (χ3v) is 1.51.